The third-order valence-electron chi connectivity index (χ3n) is 6.39. The van der Waals surface area contributed by atoms with Crippen molar-refractivity contribution in [2.45, 2.75) is 44.4 Å². The maximum Gasteiger partial charge on any atom is 0.433 e. The lowest BCUT2D eigenvalue weighted by atomic mass is 9.79. The molecule has 0 aliphatic heterocycles. The van der Waals surface area contributed by atoms with E-state index in [2.05, 4.69) is 35.6 Å². The van der Waals surface area contributed by atoms with Crippen LogP contribution in [0.5, 0.6) is 0 Å². The summed E-state index contributed by atoms with van der Waals surface area (Å²) in [5.41, 5.74) is 0.0146. The van der Waals surface area contributed by atoms with Crippen molar-refractivity contribution in [3.8, 4) is 10.4 Å². The summed E-state index contributed by atoms with van der Waals surface area (Å²) < 4.78 is 39.0. The van der Waals surface area contributed by atoms with E-state index in [4.69, 9.17) is 0 Å². The molecule has 0 radical (unpaired) electrons. The molecule has 1 amide bonds. The normalized spacial score (nSPS) is 19.8. The number of aliphatic hydroxyl groups is 1. The van der Waals surface area contributed by atoms with Gasteiger partial charge in [-0.15, -0.1) is 11.3 Å². The van der Waals surface area contributed by atoms with E-state index in [-0.39, 0.29) is 17.8 Å². The molecule has 1 aromatic carbocycles. The number of benzene rings is 1. The van der Waals surface area contributed by atoms with Crippen LogP contribution in [0.25, 0.3) is 10.4 Å². The van der Waals surface area contributed by atoms with E-state index in [1.165, 1.54) is 11.3 Å². The average Bonchev–Trinajstić information content (AvgIpc) is 3.57. The lowest BCUT2D eigenvalue weighted by Gasteiger charge is -2.33. The maximum absolute atomic E-state index is 13.0. The van der Waals surface area contributed by atoms with E-state index in [9.17, 15) is 23.1 Å². The molecule has 198 valence electrons. The fraction of sp³-hybridized carbons (Fsp3) is 0.320. The van der Waals surface area contributed by atoms with E-state index in [0.717, 1.165) is 28.3 Å². The van der Waals surface area contributed by atoms with Gasteiger partial charge in [-0.1, -0.05) is 6.07 Å². The molecule has 9 nitrogen and oxygen atoms in total. The highest BCUT2D eigenvalue weighted by molar-refractivity contribution is 7.15. The van der Waals surface area contributed by atoms with Crippen molar-refractivity contribution < 1.29 is 23.1 Å². The Morgan fingerprint density at radius 3 is 2.66 bits per heavy atom. The number of hydrogen-bond acceptors (Lipinski definition) is 8. The van der Waals surface area contributed by atoms with Crippen molar-refractivity contribution in [2.75, 3.05) is 10.6 Å². The van der Waals surface area contributed by atoms with Gasteiger partial charge in [0.15, 0.2) is 0 Å². The van der Waals surface area contributed by atoms with Gasteiger partial charge in [-0.3, -0.25) is 10.1 Å². The predicted molar refractivity (Wildman–Crippen MR) is 136 cm³/mol. The van der Waals surface area contributed by atoms with Gasteiger partial charge in [0.25, 0.3) is 0 Å². The highest BCUT2D eigenvalue weighted by Crippen LogP contribution is 2.43. The van der Waals surface area contributed by atoms with Crippen molar-refractivity contribution in [3.63, 3.8) is 0 Å². The van der Waals surface area contributed by atoms with E-state index in [1.807, 2.05) is 13.0 Å². The second kappa shape index (κ2) is 10.1. The minimum Gasteiger partial charge on any atom is -0.383 e. The quantitative estimate of drug-likeness (QED) is 0.256. The number of aromatic nitrogens is 5. The lowest BCUT2D eigenvalue weighted by Crippen LogP contribution is -2.35. The van der Waals surface area contributed by atoms with Crippen LogP contribution < -0.4 is 10.6 Å². The summed E-state index contributed by atoms with van der Waals surface area (Å²) in [7, 11) is 0. The van der Waals surface area contributed by atoms with Crippen LogP contribution in [0.3, 0.4) is 0 Å². The van der Waals surface area contributed by atoms with Crippen LogP contribution >= 0.6 is 11.3 Å². The second-order valence-corrected chi connectivity index (χ2v) is 10.3. The Balaban J connectivity index is 1.29. The number of carbonyl (C=O) groups is 1. The number of nitrogens with zero attached hydrogens (tertiary/aromatic N) is 4. The van der Waals surface area contributed by atoms with Gasteiger partial charge in [0.1, 0.15) is 16.3 Å². The smallest absolute Gasteiger partial charge is 0.383 e. The summed E-state index contributed by atoms with van der Waals surface area (Å²) in [5.74, 6) is -0.134. The molecule has 1 fully saturated rings. The molecular weight excluding hydrogens is 519 g/mol. The van der Waals surface area contributed by atoms with Gasteiger partial charge in [0, 0.05) is 36.4 Å². The standard InChI is InChI=1S/C25H24F3N7O2S/c1-14-10-16(12-17(11-14)33-23-29-7-4-19(34-23)25(26,27)28)18-13-32-21(38-18)24(37)5-2-15(3-6-24)20(36)35-22-30-8-9-31-22/h4,7-13,15,37H,2-3,5-6H2,1H3,(H,29,33,34)(H2,30,31,35,36)/t15-,24-. The van der Waals surface area contributed by atoms with Crippen LogP contribution in [0.15, 0.2) is 49.1 Å². The SMILES string of the molecule is Cc1cc(Nc2nccc(C(F)(F)F)n2)cc(-c2cnc([C@]3(O)CC[C@H](C(=O)Nc4ncc[nH]4)CC3)s2)c1. The summed E-state index contributed by atoms with van der Waals surface area (Å²) in [4.78, 5) is 32.1. The van der Waals surface area contributed by atoms with E-state index >= 15 is 0 Å². The topological polar surface area (TPSA) is 129 Å². The zero-order valence-corrected chi connectivity index (χ0v) is 21.0. The molecule has 0 atom stereocenters. The molecule has 13 heteroatoms. The van der Waals surface area contributed by atoms with Gasteiger partial charge in [-0.05, 0) is 61.9 Å². The molecule has 4 aromatic rings. The number of carbonyl (C=O) groups excluding carboxylic acids is 1. The van der Waals surface area contributed by atoms with E-state index in [0.29, 0.717) is 42.3 Å². The zero-order chi connectivity index (χ0) is 26.9. The zero-order valence-electron chi connectivity index (χ0n) is 20.2. The Hall–Kier alpha value is -3.84. The summed E-state index contributed by atoms with van der Waals surface area (Å²) in [6.45, 7) is 1.87. The largest absolute Gasteiger partial charge is 0.433 e. The number of halogens is 3. The second-order valence-electron chi connectivity index (χ2n) is 9.24. The molecule has 3 heterocycles. The maximum atomic E-state index is 13.0. The molecular formula is C25H24F3N7O2S. The molecule has 0 spiro atoms. The average molecular weight is 544 g/mol. The third-order valence-corrected chi connectivity index (χ3v) is 7.63. The predicted octanol–water partition coefficient (Wildman–Crippen LogP) is 5.41. The Morgan fingerprint density at radius 2 is 1.95 bits per heavy atom. The van der Waals surface area contributed by atoms with Crippen LogP contribution in [0.4, 0.5) is 30.8 Å². The summed E-state index contributed by atoms with van der Waals surface area (Å²) in [6, 6.07) is 6.29. The highest BCUT2D eigenvalue weighted by atomic mass is 32.1. The summed E-state index contributed by atoms with van der Waals surface area (Å²) in [6.07, 6.45) is 3.14. The number of anilines is 3. The molecule has 0 unspecified atom stereocenters. The van der Waals surface area contributed by atoms with Crippen molar-refractivity contribution in [1.82, 2.24) is 24.9 Å². The van der Waals surface area contributed by atoms with Crippen LogP contribution in [-0.4, -0.2) is 35.9 Å². The number of aromatic amines is 1. The van der Waals surface area contributed by atoms with Crippen LogP contribution in [-0.2, 0) is 16.6 Å². The van der Waals surface area contributed by atoms with Gasteiger partial charge in [0.05, 0.1) is 4.88 Å². The van der Waals surface area contributed by atoms with Gasteiger partial charge in [-0.25, -0.2) is 19.9 Å². The Kier molecular flexibility index (Phi) is 6.88. The molecule has 0 saturated heterocycles. The number of nitrogens with one attached hydrogen (secondary N) is 3. The first-order chi connectivity index (χ1) is 18.1. The Labute approximate surface area is 219 Å². The van der Waals surface area contributed by atoms with Crippen molar-refractivity contribution in [3.05, 3.63) is 65.3 Å². The van der Waals surface area contributed by atoms with Gasteiger partial charge >= 0.3 is 6.18 Å². The molecule has 4 N–H and O–H groups in total. The Bertz CT molecular complexity index is 1430. The Morgan fingerprint density at radius 1 is 1.16 bits per heavy atom. The summed E-state index contributed by atoms with van der Waals surface area (Å²) in [5, 5.41) is 17.5. The number of amides is 1. The third kappa shape index (κ3) is 5.68. The monoisotopic (exact) mass is 543 g/mol. The molecule has 0 bridgehead atoms. The van der Waals surface area contributed by atoms with E-state index < -0.39 is 17.5 Å². The number of thiazole rings is 1. The highest BCUT2D eigenvalue weighted by Gasteiger charge is 2.39. The van der Waals surface area contributed by atoms with Crippen LogP contribution in [0.2, 0.25) is 0 Å². The number of alkyl halides is 3. The van der Waals surface area contributed by atoms with Crippen LogP contribution in [0.1, 0.15) is 41.9 Å². The van der Waals surface area contributed by atoms with Gasteiger partial charge in [0.2, 0.25) is 17.8 Å². The first-order valence-electron chi connectivity index (χ1n) is 11.9. The first kappa shape index (κ1) is 25.8. The minimum atomic E-state index is -4.57. The molecule has 1 saturated carbocycles. The molecule has 38 heavy (non-hydrogen) atoms. The van der Waals surface area contributed by atoms with Gasteiger partial charge in [-0.2, -0.15) is 13.2 Å². The number of H-pyrrole nitrogens is 1. The molecule has 1 aliphatic rings. The molecule has 5 rings (SSSR count). The van der Waals surface area contributed by atoms with Crippen molar-refractivity contribution in [2.24, 2.45) is 5.92 Å². The molecule has 1 aliphatic carbocycles. The molecule has 3 aromatic heterocycles. The van der Waals surface area contributed by atoms with Crippen molar-refractivity contribution in [1.29, 1.82) is 0 Å². The minimum absolute atomic E-state index is 0.133. The van der Waals surface area contributed by atoms with Gasteiger partial charge < -0.3 is 15.4 Å². The first-order valence-corrected chi connectivity index (χ1v) is 12.7. The lowest BCUT2D eigenvalue weighted by molar-refractivity contribution is -0.141. The number of imidazole rings is 1. The number of hydrogen-bond donors (Lipinski definition) is 4. The van der Waals surface area contributed by atoms with Crippen LogP contribution in [0, 0.1) is 12.8 Å². The van der Waals surface area contributed by atoms with Crippen molar-refractivity contribution >= 4 is 34.8 Å². The number of rotatable bonds is 6. The summed E-state index contributed by atoms with van der Waals surface area (Å²) >= 11 is 1.35. The fourth-order valence-corrected chi connectivity index (χ4v) is 5.50. The number of aryl methyl sites for hydroxylation is 1. The fourth-order valence-electron chi connectivity index (χ4n) is 4.45. The van der Waals surface area contributed by atoms with E-state index in [1.54, 1.807) is 30.7 Å².